The second kappa shape index (κ2) is 6.42. The Morgan fingerprint density at radius 3 is 2.79 bits per heavy atom. The fourth-order valence-electron chi connectivity index (χ4n) is 3.27. The van der Waals surface area contributed by atoms with Crippen molar-refractivity contribution in [1.82, 2.24) is 5.32 Å². The monoisotopic (exact) mass is 261 g/mol. The molecule has 2 heteroatoms. The Morgan fingerprint density at radius 1 is 1.37 bits per heavy atom. The maximum Gasteiger partial charge on any atom is 0.119 e. The van der Waals surface area contributed by atoms with Crippen molar-refractivity contribution in [2.75, 3.05) is 13.7 Å². The minimum absolute atomic E-state index is 0.577. The average molecular weight is 261 g/mol. The third kappa shape index (κ3) is 3.11. The Kier molecular flexibility index (Phi) is 4.87. The van der Waals surface area contributed by atoms with E-state index in [2.05, 4.69) is 44.3 Å². The lowest BCUT2D eigenvalue weighted by atomic mass is 9.86. The van der Waals surface area contributed by atoms with Crippen LogP contribution >= 0.6 is 0 Å². The largest absolute Gasteiger partial charge is 0.497 e. The van der Waals surface area contributed by atoms with Crippen LogP contribution in [0.5, 0.6) is 5.75 Å². The molecule has 0 heterocycles. The SMILES string of the molecule is CCCNC(C(C)C)C1CCc2ccc(OC)cc21. The van der Waals surface area contributed by atoms with Gasteiger partial charge in [-0.1, -0.05) is 26.8 Å². The highest BCUT2D eigenvalue weighted by Crippen LogP contribution is 2.39. The zero-order chi connectivity index (χ0) is 13.8. The molecule has 19 heavy (non-hydrogen) atoms. The molecule has 1 aromatic carbocycles. The first-order valence-electron chi connectivity index (χ1n) is 7.57. The molecule has 1 aliphatic carbocycles. The van der Waals surface area contributed by atoms with Crippen molar-refractivity contribution in [3.63, 3.8) is 0 Å². The second-order valence-corrected chi connectivity index (χ2v) is 5.93. The van der Waals surface area contributed by atoms with Gasteiger partial charge in [0.25, 0.3) is 0 Å². The smallest absolute Gasteiger partial charge is 0.119 e. The molecule has 106 valence electrons. The highest BCUT2D eigenvalue weighted by Gasteiger charge is 2.31. The van der Waals surface area contributed by atoms with Crippen molar-refractivity contribution in [3.05, 3.63) is 29.3 Å². The molecule has 1 aliphatic rings. The third-order valence-electron chi connectivity index (χ3n) is 4.26. The van der Waals surface area contributed by atoms with Crippen molar-refractivity contribution < 1.29 is 4.74 Å². The maximum absolute atomic E-state index is 5.39. The van der Waals surface area contributed by atoms with Gasteiger partial charge in [0.05, 0.1) is 7.11 Å². The van der Waals surface area contributed by atoms with Crippen molar-refractivity contribution in [3.8, 4) is 5.75 Å². The molecule has 0 radical (unpaired) electrons. The summed E-state index contributed by atoms with van der Waals surface area (Å²) in [6, 6.07) is 7.15. The average Bonchev–Trinajstić information content (AvgIpc) is 2.82. The van der Waals surface area contributed by atoms with Crippen LogP contribution in [0.4, 0.5) is 0 Å². The number of methoxy groups -OCH3 is 1. The lowest BCUT2D eigenvalue weighted by molar-refractivity contribution is 0.339. The van der Waals surface area contributed by atoms with Crippen LogP contribution in [0.15, 0.2) is 18.2 Å². The molecule has 0 saturated heterocycles. The minimum Gasteiger partial charge on any atom is -0.497 e. The fourth-order valence-corrected chi connectivity index (χ4v) is 3.27. The van der Waals surface area contributed by atoms with Crippen molar-refractivity contribution >= 4 is 0 Å². The van der Waals surface area contributed by atoms with Gasteiger partial charge in [-0.3, -0.25) is 0 Å². The van der Waals surface area contributed by atoms with Gasteiger partial charge >= 0.3 is 0 Å². The van der Waals surface area contributed by atoms with Crippen LogP contribution in [0, 0.1) is 5.92 Å². The predicted octanol–water partition coefficient (Wildman–Crippen LogP) is 3.75. The summed E-state index contributed by atoms with van der Waals surface area (Å²) in [6.07, 6.45) is 3.67. The summed E-state index contributed by atoms with van der Waals surface area (Å²) in [5.74, 6) is 2.29. The van der Waals surface area contributed by atoms with Crippen LogP contribution in [0.25, 0.3) is 0 Å². The van der Waals surface area contributed by atoms with E-state index in [9.17, 15) is 0 Å². The molecule has 1 aromatic rings. The standard InChI is InChI=1S/C17H27NO/c1-5-10-18-17(12(2)3)15-9-7-13-6-8-14(19-4)11-16(13)15/h6,8,11-12,15,17-18H,5,7,9-10H2,1-4H3. The summed E-state index contributed by atoms with van der Waals surface area (Å²) in [7, 11) is 1.75. The van der Waals surface area contributed by atoms with Gasteiger partial charge in [0.15, 0.2) is 0 Å². The molecule has 1 N–H and O–H groups in total. The van der Waals surface area contributed by atoms with Gasteiger partial charge in [-0.25, -0.2) is 0 Å². The van der Waals surface area contributed by atoms with Gasteiger partial charge in [0.2, 0.25) is 0 Å². The maximum atomic E-state index is 5.39. The Morgan fingerprint density at radius 2 is 2.16 bits per heavy atom. The summed E-state index contributed by atoms with van der Waals surface area (Å²) in [5, 5.41) is 3.75. The van der Waals surface area contributed by atoms with Crippen molar-refractivity contribution in [1.29, 1.82) is 0 Å². The van der Waals surface area contributed by atoms with Gasteiger partial charge in [0, 0.05) is 12.0 Å². The van der Waals surface area contributed by atoms with E-state index in [1.54, 1.807) is 7.11 Å². The number of ether oxygens (including phenoxy) is 1. The van der Waals surface area contributed by atoms with E-state index in [4.69, 9.17) is 4.74 Å². The van der Waals surface area contributed by atoms with E-state index in [0.29, 0.717) is 17.9 Å². The molecule has 2 nitrogen and oxygen atoms in total. The minimum atomic E-state index is 0.577. The van der Waals surface area contributed by atoms with E-state index >= 15 is 0 Å². The number of nitrogens with one attached hydrogen (secondary N) is 1. The molecule has 0 saturated carbocycles. The number of hydrogen-bond acceptors (Lipinski definition) is 2. The molecular formula is C17H27NO. The molecule has 0 spiro atoms. The van der Waals surface area contributed by atoms with Crippen LogP contribution in [0.2, 0.25) is 0 Å². The van der Waals surface area contributed by atoms with E-state index in [-0.39, 0.29) is 0 Å². The Labute approximate surface area is 117 Å². The summed E-state index contributed by atoms with van der Waals surface area (Å²) < 4.78 is 5.39. The summed E-state index contributed by atoms with van der Waals surface area (Å²) in [4.78, 5) is 0. The van der Waals surface area contributed by atoms with Crippen LogP contribution in [-0.2, 0) is 6.42 Å². The molecular weight excluding hydrogens is 234 g/mol. The highest BCUT2D eigenvalue weighted by atomic mass is 16.5. The van der Waals surface area contributed by atoms with Gasteiger partial charge in [-0.05, 0) is 55.0 Å². The van der Waals surface area contributed by atoms with Crippen molar-refractivity contribution in [2.45, 2.75) is 52.0 Å². The molecule has 0 bridgehead atoms. The Bertz CT molecular complexity index is 414. The number of benzene rings is 1. The molecule has 0 fully saturated rings. The molecule has 0 amide bonds. The Balaban J connectivity index is 2.22. The summed E-state index contributed by atoms with van der Waals surface area (Å²) >= 11 is 0. The van der Waals surface area contributed by atoms with Gasteiger partial charge in [-0.15, -0.1) is 0 Å². The van der Waals surface area contributed by atoms with E-state index in [1.807, 2.05) is 0 Å². The number of fused-ring (bicyclic) bond motifs is 1. The number of rotatable bonds is 6. The molecule has 0 aromatic heterocycles. The lowest BCUT2D eigenvalue weighted by Crippen LogP contribution is -2.39. The van der Waals surface area contributed by atoms with E-state index < -0.39 is 0 Å². The lowest BCUT2D eigenvalue weighted by Gasteiger charge is -2.29. The first-order valence-corrected chi connectivity index (χ1v) is 7.57. The first-order chi connectivity index (χ1) is 9.17. The first kappa shape index (κ1) is 14.4. The number of hydrogen-bond donors (Lipinski definition) is 1. The van der Waals surface area contributed by atoms with E-state index in [0.717, 1.165) is 12.3 Å². The summed E-state index contributed by atoms with van der Waals surface area (Å²) in [6.45, 7) is 7.99. The van der Waals surface area contributed by atoms with E-state index in [1.165, 1.54) is 30.4 Å². The third-order valence-corrected chi connectivity index (χ3v) is 4.26. The fraction of sp³-hybridized carbons (Fsp3) is 0.647. The van der Waals surface area contributed by atoms with Crippen LogP contribution in [0.3, 0.4) is 0 Å². The zero-order valence-corrected chi connectivity index (χ0v) is 12.7. The topological polar surface area (TPSA) is 21.3 Å². The predicted molar refractivity (Wildman–Crippen MR) is 81.0 cm³/mol. The highest BCUT2D eigenvalue weighted by molar-refractivity contribution is 5.42. The van der Waals surface area contributed by atoms with Gasteiger partial charge in [-0.2, -0.15) is 0 Å². The van der Waals surface area contributed by atoms with Gasteiger partial charge < -0.3 is 10.1 Å². The number of aryl methyl sites for hydroxylation is 1. The Hall–Kier alpha value is -1.02. The molecule has 2 rings (SSSR count). The van der Waals surface area contributed by atoms with Crippen LogP contribution < -0.4 is 10.1 Å². The molecule has 2 unspecified atom stereocenters. The second-order valence-electron chi connectivity index (χ2n) is 5.93. The van der Waals surface area contributed by atoms with Crippen LogP contribution in [0.1, 0.15) is 50.7 Å². The normalized spacial score (nSPS) is 19.5. The summed E-state index contributed by atoms with van der Waals surface area (Å²) in [5.41, 5.74) is 3.01. The zero-order valence-electron chi connectivity index (χ0n) is 12.7. The molecule has 0 aliphatic heterocycles. The van der Waals surface area contributed by atoms with Gasteiger partial charge in [0.1, 0.15) is 5.75 Å². The quantitative estimate of drug-likeness (QED) is 0.842. The van der Waals surface area contributed by atoms with Crippen molar-refractivity contribution in [2.24, 2.45) is 5.92 Å². The van der Waals surface area contributed by atoms with Crippen LogP contribution in [-0.4, -0.2) is 19.7 Å². The molecule has 2 atom stereocenters.